The summed E-state index contributed by atoms with van der Waals surface area (Å²) < 4.78 is 19.1. The summed E-state index contributed by atoms with van der Waals surface area (Å²) in [6.45, 7) is 5.33. The number of hydrogen-bond donors (Lipinski definition) is 3. The van der Waals surface area contributed by atoms with Crippen molar-refractivity contribution >= 4 is 6.03 Å². The van der Waals surface area contributed by atoms with Gasteiger partial charge in [-0.05, 0) is 103 Å². The molecule has 0 radical (unpaired) electrons. The monoisotopic (exact) mass is 693 g/mol. The summed E-state index contributed by atoms with van der Waals surface area (Å²) in [6, 6.07) is 25.3. The Bertz CT molecular complexity index is 1610. The maximum Gasteiger partial charge on any atom is 0.315 e. The van der Waals surface area contributed by atoms with Crippen LogP contribution >= 0.6 is 0 Å². The van der Waals surface area contributed by atoms with Gasteiger partial charge in [0.05, 0.1) is 25.4 Å². The molecule has 0 aromatic heterocycles. The Kier molecular flexibility index (Phi) is 10.2. The Morgan fingerprint density at radius 2 is 1.61 bits per heavy atom. The lowest BCUT2D eigenvalue weighted by atomic mass is 9.53. The van der Waals surface area contributed by atoms with Gasteiger partial charge in [0.1, 0.15) is 0 Å². The van der Waals surface area contributed by atoms with E-state index in [0.29, 0.717) is 12.6 Å². The third-order valence-corrected chi connectivity index (χ3v) is 12.8. The number of amides is 2. The average molecular weight is 694 g/mol. The number of carbonyl (C=O) groups excluding carboxylic acids is 1. The fourth-order valence-electron chi connectivity index (χ4n) is 10.6. The van der Waals surface area contributed by atoms with Crippen LogP contribution in [0.1, 0.15) is 92.9 Å². The molecule has 2 aliphatic heterocycles. The minimum atomic E-state index is -0.517. The Labute approximate surface area is 303 Å². The Morgan fingerprint density at radius 3 is 2.29 bits per heavy atom. The van der Waals surface area contributed by atoms with Gasteiger partial charge in [0.2, 0.25) is 0 Å². The van der Waals surface area contributed by atoms with Crippen LogP contribution < -0.4 is 10.6 Å². The lowest BCUT2D eigenvalue weighted by molar-refractivity contribution is -0.276. The summed E-state index contributed by atoms with van der Waals surface area (Å²) in [7, 11) is 1.78. The molecule has 2 saturated heterocycles. The van der Waals surface area contributed by atoms with Crippen LogP contribution in [0.5, 0.6) is 0 Å². The number of hydrogen-bond acceptors (Lipinski definition) is 6. The zero-order valence-corrected chi connectivity index (χ0v) is 30.3. The van der Waals surface area contributed by atoms with E-state index in [9.17, 15) is 9.90 Å². The van der Waals surface area contributed by atoms with Crippen molar-refractivity contribution in [1.82, 2.24) is 15.5 Å². The van der Waals surface area contributed by atoms with Crippen LogP contribution in [0, 0.1) is 23.7 Å². The fraction of sp³-hybridized carbons (Fsp3) is 0.558. The molecule has 0 unspecified atom stereocenters. The van der Waals surface area contributed by atoms with Crippen molar-refractivity contribution in [3.63, 3.8) is 0 Å². The van der Waals surface area contributed by atoms with Gasteiger partial charge in [-0.25, -0.2) is 4.79 Å². The normalized spacial score (nSPS) is 33.0. The first kappa shape index (κ1) is 34.8. The molecular weight excluding hydrogens is 638 g/mol. The molecule has 2 heterocycles. The number of benzene rings is 3. The molecule has 4 bridgehead atoms. The predicted molar refractivity (Wildman–Crippen MR) is 198 cm³/mol. The molecule has 51 heavy (non-hydrogen) atoms. The van der Waals surface area contributed by atoms with Crippen molar-refractivity contribution in [3.05, 3.63) is 95.1 Å². The highest BCUT2D eigenvalue weighted by Crippen LogP contribution is 2.55. The molecule has 3 N–H and O–H groups in total. The van der Waals surface area contributed by atoms with E-state index in [4.69, 9.17) is 14.2 Å². The smallest absolute Gasteiger partial charge is 0.315 e. The van der Waals surface area contributed by atoms with E-state index in [1.807, 2.05) is 18.2 Å². The highest BCUT2D eigenvalue weighted by molar-refractivity contribution is 5.76. The highest BCUT2D eigenvalue weighted by Gasteiger charge is 2.51. The van der Waals surface area contributed by atoms with E-state index in [0.717, 1.165) is 96.5 Å². The second-order valence-electron chi connectivity index (χ2n) is 16.4. The quantitative estimate of drug-likeness (QED) is 0.193. The predicted octanol–water partition coefficient (Wildman–Crippen LogP) is 7.52. The molecular formula is C43H55N3O5. The highest BCUT2D eigenvalue weighted by atomic mass is 16.7. The van der Waals surface area contributed by atoms with Gasteiger partial charge in [0.25, 0.3) is 0 Å². The largest absolute Gasteiger partial charge is 0.392 e. The zero-order chi connectivity index (χ0) is 35.0. The molecule has 4 saturated carbocycles. The van der Waals surface area contributed by atoms with Crippen molar-refractivity contribution in [1.29, 1.82) is 0 Å². The van der Waals surface area contributed by atoms with E-state index in [1.165, 1.54) is 25.7 Å². The number of rotatable bonds is 11. The summed E-state index contributed by atoms with van der Waals surface area (Å²) in [4.78, 5) is 15.8. The minimum absolute atomic E-state index is 0.00373. The van der Waals surface area contributed by atoms with Gasteiger partial charge in [-0.2, -0.15) is 0 Å². The number of likely N-dealkylation sites (tertiary alicyclic amines) is 1. The van der Waals surface area contributed by atoms with E-state index in [1.54, 1.807) is 7.11 Å². The summed E-state index contributed by atoms with van der Waals surface area (Å²) in [5, 5.41) is 16.3. The van der Waals surface area contributed by atoms with E-state index < -0.39 is 6.29 Å². The zero-order valence-electron chi connectivity index (χ0n) is 30.3. The second kappa shape index (κ2) is 15.0. The first-order valence-electron chi connectivity index (χ1n) is 19.4. The number of urea groups is 1. The third kappa shape index (κ3) is 7.49. The molecule has 0 spiro atoms. The van der Waals surface area contributed by atoms with Crippen LogP contribution in [0.2, 0.25) is 0 Å². The van der Waals surface area contributed by atoms with Crippen molar-refractivity contribution in [2.75, 3.05) is 26.8 Å². The first-order valence-corrected chi connectivity index (χ1v) is 19.4. The number of aliphatic hydroxyl groups is 1. The number of nitrogens with one attached hydrogen (secondary N) is 2. The van der Waals surface area contributed by atoms with Crippen LogP contribution in [-0.4, -0.2) is 60.5 Å². The lowest BCUT2D eigenvalue weighted by Crippen LogP contribution is -2.61. The number of methoxy groups -OCH3 is 1. The molecule has 2 amide bonds. The van der Waals surface area contributed by atoms with Gasteiger partial charge >= 0.3 is 6.03 Å². The summed E-state index contributed by atoms with van der Waals surface area (Å²) in [5.41, 5.74) is 6.25. The standard InChI is InChI=1S/C43H55N3O5/c1-28-39(25-46-17-5-7-37(46)27-49-2)50-41(51-40(28)34-11-9-29(26-47)10-12-34)35-15-13-33(14-16-35)38-8-4-3-6-36(38)24-44-42(48)45-43-21-30-18-31(22-43)20-32(19-30)23-43/h3-4,6,8-16,28,30-32,37,39-41,47H,5,7,17-27H2,1-2H3,(H2,44,45,48)/t28-,30?,31?,32?,37+,39+,40+,41+,43?/m1/s1. The Hall–Kier alpha value is -3.27. The van der Waals surface area contributed by atoms with E-state index in [2.05, 4.69) is 77.1 Å². The van der Waals surface area contributed by atoms with Crippen LogP contribution in [0.15, 0.2) is 72.8 Å². The maximum atomic E-state index is 13.3. The molecule has 3 aromatic carbocycles. The Balaban J connectivity index is 0.967. The number of nitrogens with zero attached hydrogens (tertiary/aromatic N) is 1. The molecule has 3 aromatic rings. The van der Waals surface area contributed by atoms with Crippen molar-refractivity contribution in [2.24, 2.45) is 23.7 Å². The van der Waals surface area contributed by atoms with E-state index in [-0.39, 0.29) is 36.3 Å². The number of aliphatic hydroxyl groups excluding tert-OH is 1. The number of carbonyl (C=O) groups is 1. The maximum absolute atomic E-state index is 13.3. The molecule has 8 heteroatoms. The van der Waals surface area contributed by atoms with Crippen molar-refractivity contribution in [3.8, 4) is 11.1 Å². The van der Waals surface area contributed by atoms with Crippen LogP contribution in [0.3, 0.4) is 0 Å². The van der Waals surface area contributed by atoms with Gasteiger partial charge < -0.3 is 30.0 Å². The van der Waals surface area contributed by atoms with Crippen molar-refractivity contribution in [2.45, 2.75) is 102 Å². The van der Waals surface area contributed by atoms with Gasteiger partial charge in [-0.3, -0.25) is 4.90 Å². The third-order valence-electron chi connectivity index (χ3n) is 12.8. The van der Waals surface area contributed by atoms with E-state index >= 15 is 0 Å². The topological polar surface area (TPSA) is 92.3 Å². The summed E-state index contributed by atoms with van der Waals surface area (Å²) in [6.07, 6.45) is 9.14. The molecule has 4 aliphatic carbocycles. The van der Waals surface area contributed by atoms with Crippen molar-refractivity contribution < 1.29 is 24.1 Å². The van der Waals surface area contributed by atoms with Crippen LogP contribution in [0.4, 0.5) is 4.79 Å². The molecule has 6 aliphatic rings. The molecule has 272 valence electrons. The SMILES string of the molecule is COC[C@@H]1CCCN1C[C@@H]1O[C@H](c2ccc(-c3ccccc3CNC(=O)NC34CC5CC(CC(C5)C3)C4)cc2)O[C@H](c2ccc(CO)cc2)[C@@H]1C. The average Bonchev–Trinajstić information content (AvgIpc) is 3.57. The Morgan fingerprint density at radius 1 is 0.922 bits per heavy atom. The molecule has 9 rings (SSSR count). The first-order chi connectivity index (χ1) is 24.9. The van der Waals surface area contributed by atoms with Crippen LogP contribution in [-0.2, 0) is 27.4 Å². The fourth-order valence-corrected chi connectivity index (χ4v) is 10.6. The van der Waals surface area contributed by atoms with Gasteiger partial charge in [-0.15, -0.1) is 0 Å². The molecule has 8 nitrogen and oxygen atoms in total. The van der Waals surface area contributed by atoms with Gasteiger partial charge in [0, 0.05) is 43.3 Å². The van der Waals surface area contributed by atoms with Gasteiger partial charge in [-0.1, -0.05) is 79.7 Å². The number of ether oxygens (including phenoxy) is 3. The second-order valence-corrected chi connectivity index (χ2v) is 16.4. The van der Waals surface area contributed by atoms with Crippen LogP contribution in [0.25, 0.3) is 11.1 Å². The summed E-state index contributed by atoms with van der Waals surface area (Å²) in [5.74, 6) is 2.51. The van der Waals surface area contributed by atoms with Gasteiger partial charge in [0.15, 0.2) is 6.29 Å². The molecule has 6 fully saturated rings. The lowest BCUT2D eigenvalue weighted by Gasteiger charge is -2.56. The minimum Gasteiger partial charge on any atom is -0.392 e. The summed E-state index contributed by atoms with van der Waals surface area (Å²) >= 11 is 0. The molecule has 5 atom stereocenters.